The Morgan fingerprint density at radius 3 is 1.54 bits per heavy atom. The number of alkyl halides is 9. The van der Waals surface area contributed by atoms with Crippen LogP contribution in [0.3, 0.4) is 0 Å². The van der Waals surface area contributed by atoms with Crippen LogP contribution >= 0.6 is 15.9 Å². The zero-order valence-corrected chi connectivity index (χ0v) is 12.7. The highest BCUT2D eigenvalue weighted by Crippen LogP contribution is 2.47. The summed E-state index contributed by atoms with van der Waals surface area (Å²) in [4.78, 5) is 1.60. The van der Waals surface area contributed by atoms with Crippen molar-refractivity contribution >= 4 is 15.9 Å². The molecule has 0 fully saturated rings. The molecular weight excluding hydrogens is 421 g/mol. The molecule has 0 atom stereocenters. The molecule has 0 aliphatic carbocycles. The van der Waals surface area contributed by atoms with E-state index < -0.39 is 45.5 Å². The van der Waals surface area contributed by atoms with Gasteiger partial charge in [-0.05, 0) is 33.6 Å². The average Bonchev–Trinajstić information content (AvgIpc) is 2.75. The quantitative estimate of drug-likeness (QED) is 0.502. The van der Waals surface area contributed by atoms with E-state index in [4.69, 9.17) is 0 Å². The van der Waals surface area contributed by atoms with Crippen molar-refractivity contribution in [1.29, 1.82) is 0 Å². The Morgan fingerprint density at radius 1 is 0.708 bits per heavy atom. The molecule has 0 radical (unpaired) electrons. The molecule has 1 nitrogen and oxygen atoms in total. The monoisotopic (exact) mass is 425 g/mol. The SMILES string of the molecule is FC(F)(F)c1ccc(-c2[nH]c(C(F)(F)F)c(C(F)(F)F)c2Br)cc1. The predicted molar refractivity (Wildman–Crippen MR) is 68.9 cm³/mol. The van der Waals surface area contributed by atoms with Gasteiger partial charge < -0.3 is 4.98 Å². The summed E-state index contributed by atoms with van der Waals surface area (Å²) in [5, 5.41) is 0. The molecule has 1 aromatic heterocycles. The van der Waals surface area contributed by atoms with Crippen LogP contribution < -0.4 is 0 Å². The standard InChI is InChI=1S/C13H5BrF9N/c14-8-7(12(18,19)20)10(13(21,22)23)24-9(8)5-1-3-6(4-2-5)11(15,16)17/h1-4,24H. The summed E-state index contributed by atoms with van der Waals surface area (Å²) in [6, 6.07) is 2.67. The first-order chi connectivity index (χ1) is 10.7. The number of halogens is 10. The molecule has 1 N–H and O–H groups in total. The van der Waals surface area contributed by atoms with Crippen molar-refractivity contribution in [2.24, 2.45) is 0 Å². The number of rotatable bonds is 1. The molecule has 0 aliphatic rings. The fourth-order valence-corrected chi connectivity index (χ4v) is 2.73. The number of hydrogen-bond donors (Lipinski definition) is 1. The maximum absolute atomic E-state index is 12.9. The molecule has 2 aromatic rings. The Labute approximate surface area is 136 Å². The second kappa shape index (κ2) is 5.71. The van der Waals surface area contributed by atoms with E-state index in [1.165, 1.54) is 0 Å². The van der Waals surface area contributed by atoms with E-state index in [1.807, 2.05) is 0 Å². The van der Waals surface area contributed by atoms with Crippen LogP contribution in [0.15, 0.2) is 28.7 Å². The van der Waals surface area contributed by atoms with Crippen molar-refractivity contribution in [1.82, 2.24) is 4.98 Å². The molecule has 0 spiro atoms. The number of aromatic amines is 1. The molecule has 1 heterocycles. The lowest BCUT2D eigenvalue weighted by atomic mass is 10.1. The molecule has 0 saturated carbocycles. The third-order valence-corrected chi connectivity index (χ3v) is 3.80. The molecular formula is C13H5BrF9N. The van der Waals surface area contributed by atoms with Gasteiger partial charge in [0.15, 0.2) is 0 Å². The van der Waals surface area contributed by atoms with Gasteiger partial charge in [0.05, 0.1) is 15.7 Å². The molecule has 0 saturated heterocycles. The minimum atomic E-state index is -5.32. The van der Waals surface area contributed by atoms with E-state index in [-0.39, 0.29) is 5.56 Å². The van der Waals surface area contributed by atoms with E-state index >= 15 is 0 Å². The Hall–Kier alpha value is -1.65. The van der Waals surface area contributed by atoms with Gasteiger partial charge in [0, 0.05) is 0 Å². The number of benzene rings is 1. The highest BCUT2D eigenvalue weighted by atomic mass is 79.9. The van der Waals surface area contributed by atoms with Gasteiger partial charge in [0.1, 0.15) is 11.3 Å². The molecule has 0 unspecified atom stereocenters. The topological polar surface area (TPSA) is 15.8 Å². The normalized spacial score (nSPS) is 13.4. The van der Waals surface area contributed by atoms with Crippen molar-refractivity contribution in [2.45, 2.75) is 18.5 Å². The number of H-pyrrole nitrogens is 1. The van der Waals surface area contributed by atoms with Crippen molar-refractivity contribution < 1.29 is 39.5 Å². The van der Waals surface area contributed by atoms with E-state index in [0.717, 1.165) is 12.1 Å². The summed E-state index contributed by atoms with van der Waals surface area (Å²) in [6.45, 7) is 0. The lowest BCUT2D eigenvalue weighted by Crippen LogP contribution is -2.15. The van der Waals surface area contributed by atoms with Crippen molar-refractivity contribution in [2.75, 3.05) is 0 Å². The van der Waals surface area contributed by atoms with Gasteiger partial charge in [-0.2, -0.15) is 39.5 Å². The fourth-order valence-electron chi connectivity index (χ4n) is 1.98. The van der Waals surface area contributed by atoms with Crippen LogP contribution in [0.5, 0.6) is 0 Å². The Bertz CT molecular complexity index is 735. The van der Waals surface area contributed by atoms with Gasteiger partial charge in [-0.3, -0.25) is 0 Å². The van der Waals surface area contributed by atoms with E-state index in [1.54, 1.807) is 4.98 Å². The summed E-state index contributed by atoms with van der Waals surface area (Å²) in [5.74, 6) is 0. The summed E-state index contributed by atoms with van der Waals surface area (Å²) in [6.07, 6.45) is -15.3. The summed E-state index contributed by atoms with van der Waals surface area (Å²) < 4.78 is 114. The largest absolute Gasteiger partial charge is 0.431 e. The van der Waals surface area contributed by atoms with Crippen LogP contribution in [0.4, 0.5) is 39.5 Å². The highest BCUT2D eigenvalue weighted by Gasteiger charge is 2.47. The fraction of sp³-hybridized carbons (Fsp3) is 0.231. The van der Waals surface area contributed by atoms with Gasteiger partial charge in [-0.1, -0.05) is 12.1 Å². The molecule has 24 heavy (non-hydrogen) atoms. The lowest BCUT2D eigenvalue weighted by molar-refractivity contribution is -0.164. The molecule has 0 amide bonds. The van der Waals surface area contributed by atoms with Gasteiger partial charge in [-0.25, -0.2) is 0 Å². The highest BCUT2D eigenvalue weighted by molar-refractivity contribution is 9.10. The molecule has 132 valence electrons. The Kier molecular flexibility index (Phi) is 4.45. The number of aromatic nitrogens is 1. The van der Waals surface area contributed by atoms with Crippen LogP contribution in [0.2, 0.25) is 0 Å². The third-order valence-electron chi connectivity index (χ3n) is 3.01. The minimum absolute atomic E-state index is 0.268. The predicted octanol–water partition coefficient (Wildman–Crippen LogP) is 6.50. The van der Waals surface area contributed by atoms with Crippen LogP contribution in [0, 0.1) is 0 Å². The van der Waals surface area contributed by atoms with Crippen molar-refractivity contribution in [3.63, 3.8) is 0 Å². The molecule has 0 bridgehead atoms. The zero-order chi connectivity index (χ0) is 18.5. The second-order valence-electron chi connectivity index (χ2n) is 4.63. The molecule has 11 heteroatoms. The Balaban J connectivity index is 2.62. The molecule has 1 aromatic carbocycles. The van der Waals surface area contributed by atoms with Crippen molar-refractivity contribution in [3.05, 3.63) is 45.6 Å². The van der Waals surface area contributed by atoms with E-state index in [0.29, 0.717) is 12.1 Å². The third kappa shape index (κ3) is 3.55. The van der Waals surface area contributed by atoms with E-state index in [2.05, 4.69) is 15.9 Å². The summed E-state index contributed by atoms with van der Waals surface area (Å²) in [7, 11) is 0. The summed E-state index contributed by atoms with van der Waals surface area (Å²) in [5.41, 5.74) is -5.97. The van der Waals surface area contributed by atoms with E-state index in [9.17, 15) is 39.5 Å². The van der Waals surface area contributed by atoms with Gasteiger partial charge in [0.2, 0.25) is 0 Å². The lowest BCUT2D eigenvalue weighted by Gasteiger charge is -2.10. The maximum Gasteiger partial charge on any atom is 0.431 e. The van der Waals surface area contributed by atoms with Crippen LogP contribution in [-0.4, -0.2) is 4.98 Å². The van der Waals surface area contributed by atoms with Crippen molar-refractivity contribution in [3.8, 4) is 11.3 Å². The van der Waals surface area contributed by atoms with Gasteiger partial charge in [-0.15, -0.1) is 0 Å². The molecule has 2 rings (SSSR count). The number of hydrogen-bond acceptors (Lipinski definition) is 0. The first kappa shape index (κ1) is 18.7. The Morgan fingerprint density at radius 2 is 1.21 bits per heavy atom. The zero-order valence-electron chi connectivity index (χ0n) is 11.1. The second-order valence-corrected chi connectivity index (χ2v) is 5.43. The van der Waals surface area contributed by atoms with Crippen LogP contribution in [0.25, 0.3) is 11.3 Å². The maximum atomic E-state index is 12.9. The van der Waals surface area contributed by atoms with Crippen LogP contribution in [0.1, 0.15) is 16.8 Å². The smallest absolute Gasteiger partial charge is 0.350 e. The average molecular weight is 426 g/mol. The number of nitrogens with one attached hydrogen (secondary N) is 1. The van der Waals surface area contributed by atoms with Gasteiger partial charge >= 0.3 is 18.5 Å². The first-order valence-corrected chi connectivity index (χ1v) is 6.75. The van der Waals surface area contributed by atoms with Gasteiger partial charge in [0.25, 0.3) is 0 Å². The minimum Gasteiger partial charge on any atom is -0.350 e. The summed E-state index contributed by atoms with van der Waals surface area (Å²) >= 11 is 2.45. The molecule has 0 aliphatic heterocycles. The first-order valence-electron chi connectivity index (χ1n) is 5.96. The van der Waals surface area contributed by atoms with Crippen LogP contribution in [-0.2, 0) is 18.5 Å².